The number of hydrogen-bond acceptors (Lipinski definition) is 5. The second-order valence-corrected chi connectivity index (χ2v) is 8.59. The fourth-order valence-corrected chi connectivity index (χ4v) is 4.85. The molecule has 0 radical (unpaired) electrons. The molecule has 31 heavy (non-hydrogen) atoms. The van der Waals surface area contributed by atoms with Crippen molar-refractivity contribution in [2.24, 2.45) is 5.92 Å². The molecule has 0 aromatic heterocycles. The van der Waals surface area contributed by atoms with Gasteiger partial charge in [0, 0.05) is 12.6 Å². The Kier molecular flexibility index (Phi) is 6.88. The van der Waals surface area contributed by atoms with Gasteiger partial charge in [-0.05, 0) is 67.7 Å². The first kappa shape index (κ1) is 21.8. The Morgan fingerprint density at radius 2 is 2.00 bits per heavy atom. The number of carbonyl (C=O) groups excluding carboxylic acids is 1. The molecule has 0 saturated carbocycles. The summed E-state index contributed by atoms with van der Waals surface area (Å²) in [5.41, 5.74) is 2.07. The molecule has 2 aliphatic heterocycles. The highest BCUT2D eigenvalue weighted by molar-refractivity contribution is 6.32. The van der Waals surface area contributed by atoms with Crippen LogP contribution in [0.3, 0.4) is 0 Å². The van der Waals surface area contributed by atoms with Crippen molar-refractivity contribution in [2.75, 3.05) is 40.5 Å². The Bertz CT molecular complexity index is 919. The van der Waals surface area contributed by atoms with Gasteiger partial charge >= 0.3 is 0 Å². The number of nitrogens with one attached hydrogen (secondary N) is 1. The highest BCUT2D eigenvalue weighted by atomic mass is 35.5. The maximum absolute atomic E-state index is 12.7. The van der Waals surface area contributed by atoms with Crippen molar-refractivity contribution in [1.29, 1.82) is 0 Å². The first-order valence-corrected chi connectivity index (χ1v) is 11.1. The van der Waals surface area contributed by atoms with Gasteiger partial charge in [-0.3, -0.25) is 9.69 Å². The van der Waals surface area contributed by atoms with Crippen LogP contribution in [0.5, 0.6) is 17.2 Å². The summed E-state index contributed by atoms with van der Waals surface area (Å²) in [6, 6.07) is 12.1. The number of hydrogen-bond donors (Lipinski definition) is 1. The Morgan fingerprint density at radius 1 is 1.23 bits per heavy atom. The minimum Gasteiger partial charge on any atom is -0.497 e. The van der Waals surface area contributed by atoms with Gasteiger partial charge in [-0.15, -0.1) is 0 Å². The first-order chi connectivity index (χ1) is 15.0. The summed E-state index contributed by atoms with van der Waals surface area (Å²) in [5, 5.41) is 3.62. The van der Waals surface area contributed by atoms with Crippen molar-refractivity contribution in [1.82, 2.24) is 10.2 Å². The van der Waals surface area contributed by atoms with E-state index in [0.29, 0.717) is 42.2 Å². The molecular formula is C24H29ClN2O4. The fraction of sp³-hybridized carbons (Fsp3) is 0.458. The van der Waals surface area contributed by atoms with Gasteiger partial charge in [-0.1, -0.05) is 23.7 Å². The van der Waals surface area contributed by atoms with Crippen LogP contribution in [0.1, 0.15) is 30.0 Å². The molecular weight excluding hydrogens is 416 g/mol. The number of piperidine rings is 1. The number of halogens is 1. The molecule has 166 valence electrons. The maximum Gasteiger partial charge on any atom is 0.224 e. The zero-order valence-electron chi connectivity index (χ0n) is 18.0. The molecule has 4 rings (SSSR count). The molecule has 0 spiro atoms. The lowest BCUT2D eigenvalue weighted by atomic mass is 9.85. The largest absolute Gasteiger partial charge is 0.497 e. The maximum atomic E-state index is 12.7. The van der Waals surface area contributed by atoms with E-state index >= 15 is 0 Å². The number of methoxy groups -OCH3 is 1. The number of likely N-dealkylation sites (tertiary alicyclic amines) is 1. The van der Waals surface area contributed by atoms with Crippen LogP contribution in [0.4, 0.5) is 0 Å². The molecule has 2 aromatic carbocycles. The molecule has 1 N–H and O–H groups in total. The molecule has 2 unspecified atom stereocenters. The van der Waals surface area contributed by atoms with Gasteiger partial charge in [-0.25, -0.2) is 0 Å². The van der Waals surface area contributed by atoms with Crippen LogP contribution in [-0.4, -0.2) is 51.3 Å². The lowest BCUT2D eigenvalue weighted by molar-refractivity contribution is -0.120. The van der Waals surface area contributed by atoms with E-state index in [1.54, 1.807) is 13.2 Å². The highest BCUT2D eigenvalue weighted by Gasteiger charge is 2.30. The molecule has 6 nitrogen and oxygen atoms in total. The van der Waals surface area contributed by atoms with Crippen LogP contribution in [0.25, 0.3) is 0 Å². The molecule has 0 bridgehead atoms. The summed E-state index contributed by atoms with van der Waals surface area (Å²) < 4.78 is 16.5. The van der Waals surface area contributed by atoms with Crippen molar-refractivity contribution >= 4 is 17.5 Å². The molecule has 1 amide bonds. The topological polar surface area (TPSA) is 60.0 Å². The molecule has 2 atom stereocenters. The summed E-state index contributed by atoms with van der Waals surface area (Å²) in [7, 11) is 3.83. The molecule has 1 fully saturated rings. The number of benzene rings is 2. The second-order valence-electron chi connectivity index (χ2n) is 8.18. The second kappa shape index (κ2) is 9.79. The minimum absolute atomic E-state index is 0.0190. The third-order valence-electron chi connectivity index (χ3n) is 6.05. The average Bonchev–Trinajstić information content (AvgIpc) is 2.78. The molecule has 7 heteroatoms. The van der Waals surface area contributed by atoms with Crippen molar-refractivity contribution in [3.05, 3.63) is 52.5 Å². The minimum atomic E-state index is -0.0190. The average molecular weight is 445 g/mol. The van der Waals surface area contributed by atoms with Crippen LogP contribution in [0.15, 0.2) is 36.4 Å². The van der Waals surface area contributed by atoms with Gasteiger partial charge in [-0.2, -0.15) is 0 Å². The Balaban J connectivity index is 1.39. The van der Waals surface area contributed by atoms with Crippen LogP contribution < -0.4 is 19.5 Å². The molecule has 1 saturated heterocycles. The van der Waals surface area contributed by atoms with Gasteiger partial charge in [0.1, 0.15) is 19.0 Å². The molecule has 2 aliphatic rings. The van der Waals surface area contributed by atoms with Gasteiger partial charge in [0.25, 0.3) is 0 Å². The Morgan fingerprint density at radius 3 is 2.77 bits per heavy atom. The zero-order valence-corrected chi connectivity index (χ0v) is 18.8. The van der Waals surface area contributed by atoms with Crippen molar-refractivity contribution < 1.29 is 19.0 Å². The number of rotatable bonds is 6. The van der Waals surface area contributed by atoms with E-state index in [4.69, 9.17) is 25.8 Å². The van der Waals surface area contributed by atoms with Crippen LogP contribution in [0.2, 0.25) is 5.02 Å². The predicted molar refractivity (Wildman–Crippen MR) is 120 cm³/mol. The van der Waals surface area contributed by atoms with E-state index in [-0.39, 0.29) is 18.4 Å². The summed E-state index contributed by atoms with van der Waals surface area (Å²) in [4.78, 5) is 15.1. The number of nitrogens with zero attached hydrogens (tertiary/aromatic N) is 1. The number of carbonyl (C=O) groups is 1. The summed E-state index contributed by atoms with van der Waals surface area (Å²) in [6.45, 7) is 2.66. The standard InChI is InChI=1S/C24H29ClN2O4/c1-27-9-3-4-18(23(27)17-5-7-19(29-2)8-6-17)15-26-22(28)14-16-12-20(25)24-21(13-16)30-10-11-31-24/h5-8,12-13,18,23H,3-4,9-11,14-15H2,1-2H3,(H,26,28). The number of fused-ring (bicyclic) bond motifs is 1. The van der Waals surface area contributed by atoms with E-state index < -0.39 is 0 Å². The molecule has 2 heterocycles. The number of amides is 1. The quantitative estimate of drug-likeness (QED) is 0.733. The van der Waals surface area contributed by atoms with Crippen molar-refractivity contribution in [3.63, 3.8) is 0 Å². The van der Waals surface area contributed by atoms with Crippen LogP contribution >= 0.6 is 11.6 Å². The molecule has 0 aliphatic carbocycles. The van der Waals surface area contributed by atoms with Crippen molar-refractivity contribution in [3.8, 4) is 17.2 Å². The van der Waals surface area contributed by atoms with Gasteiger partial charge in [0.05, 0.1) is 18.6 Å². The zero-order chi connectivity index (χ0) is 21.8. The normalized spacial score (nSPS) is 20.9. The first-order valence-electron chi connectivity index (χ1n) is 10.7. The Hall–Kier alpha value is -2.44. The van der Waals surface area contributed by atoms with Crippen LogP contribution in [0, 0.1) is 5.92 Å². The van der Waals surface area contributed by atoms with E-state index in [2.05, 4.69) is 29.4 Å². The Labute approximate surface area is 188 Å². The summed E-state index contributed by atoms with van der Waals surface area (Å²) >= 11 is 6.30. The number of ether oxygens (including phenoxy) is 3. The van der Waals surface area contributed by atoms with E-state index in [9.17, 15) is 4.79 Å². The smallest absolute Gasteiger partial charge is 0.224 e. The van der Waals surface area contributed by atoms with Crippen molar-refractivity contribution in [2.45, 2.75) is 25.3 Å². The third-order valence-corrected chi connectivity index (χ3v) is 6.33. The van der Waals surface area contributed by atoms with Gasteiger partial charge in [0.2, 0.25) is 5.91 Å². The van der Waals surface area contributed by atoms with E-state index in [0.717, 1.165) is 30.7 Å². The van der Waals surface area contributed by atoms with E-state index in [1.165, 1.54) is 5.56 Å². The van der Waals surface area contributed by atoms with E-state index in [1.807, 2.05) is 18.2 Å². The highest BCUT2D eigenvalue weighted by Crippen LogP contribution is 2.38. The SMILES string of the molecule is COc1ccc(C2C(CNC(=O)Cc3cc(Cl)c4c(c3)OCCO4)CCCN2C)cc1. The van der Waals surface area contributed by atoms with Gasteiger partial charge < -0.3 is 19.5 Å². The lowest BCUT2D eigenvalue weighted by Crippen LogP contribution is -2.42. The van der Waals surface area contributed by atoms with Crippen LogP contribution in [-0.2, 0) is 11.2 Å². The summed E-state index contributed by atoms with van der Waals surface area (Å²) in [6.07, 6.45) is 2.46. The lowest BCUT2D eigenvalue weighted by Gasteiger charge is -2.39. The predicted octanol–water partition coefficient (Wildman–Crippen LogP) is 3.86. The van der Waals surface area contributed by atoms with Gasteiger partial charge in [0.15, 0.2) is 11.5 Å². The summed E-state index contributed by atoms with van der Waals surface area (Å²) in [5.74, 6) is 2.35. The third kappa shape index (κ3) is 5.08. The molecule has 2 aromatic rings. The fourth-order valence-electron chi connectivity index (χ4n) is 4.56. The monoisotopic (exact) mass is 444 g/mol.